The summed E-state index contributed by atoms with van der Waals surface area (Å²) in [6, 6.07) is 8.14. The fraction of sp³-hybridized carbons (Fsp3) is 0.278. The highest BCUT2D eigenvalue weighted by Gasteiger charge is 2.22. The molecule has 2 aliphatic heterocycles. The van der Waals surface area contributed by atoms with Gasteiger partial charge < -0.3 is 19.3 Å². The smallest absolute Gasteiger partial charge is 0.303 e. The summed E-state index contributed by atoms with van der Waals surface area (Å²) in [5, 5.41) is 19.1. The summed E-state index contributed by atoms with van der Waals surface area (Å²) < 4.78 is 4.17. The van der Waals surface area contributed by atoms with Crippen LogP contribution in [0.25, 0.3) is 50.4 Å². The van der Waals surface area contributed by atoms with E-state index in [4.69, 9.17) is 9.97 Å². The molecule has 8 heteroatoms. The molecule has 0 saturated heterocycles. The van der Waals surface area contributed by atoms with E-state index in [9.17, 15) is 19.8 Å². The van der Waals surface area contributed by atoms with Crippen molar-refractivity contribution < 1.29 is 19.8 Å². The Morgan fingerprint density at radius 1 is 0.705 bits per heavy atom. The van der Waals surface area contributed by atoms with E-state index >= 15 is 0 Å². The number of fused-ring (bicyclic) bond motifs is 8. The van der Waals surface area contributed by atoms with Crippen molar-refractivity contribution in [2.75, 3.05) is 0 Å². The summed E-state index contributed by atoms with van der Waals surface area (Å²) in [5.74, 6) is -1.75. The van der Waals surface area contributed by atoms with Gasteiger partial charge in [-0.25, -0.2) is 9.97 Å². The number of aryl methyl sites for hydroxylation is 5. The first-order valence-corrected chi connectivity index (χ1v) is 14.7. The number of hydrogen-bond donors (Lipinski definition) is 2. The molecule has 0 aromatic carbocycles. The van der Waals surface area contributed by atoms with Gasteiger partial charge in [0.25, 0.3) is 0 Å². The van der Waals surface area contributed by atoms with Crippen molar-refractivity contribution in [3.63, 3.8) is 0 Å². The third kappa shape index (κ3) is 5.10. The summed E-state index contributed by atoms with van der Waals surface area (Å²) in [4.78, 5) is 33.4. The first kappa shape index (κ1) is 30.5. The lowest BCUT2D eigenvalue weighted by atomic mass is 10.00. The maximum atomic E-state index is 11.6. The summed E-state index contributed by atoms with van der Waals surface area (Å²) in [6.07, 6.45) is 4.31. The second kappa shape index (κ2) is 11.6. The molecular weight excluding hydrogens is 552 g/mol. The van der Waals surface area contributed by atoms with Gasteiger partial charge in [-0.2, -0.15) is 0 Å². The summed E-state index contributed by atoms with van der Waals surface area (Å²) in [7, 11) is 3.97. The van der Waals surface area contributed by atoms with E-state index in [0.717, 1.165) is 83.7 Å². The molecule has 3 aromatic rings. The molecule has 226 valence electrons. The fourth-order valence-corrected chi connectivity index (χ4v) is 6.46. The third-order valence-electron chi connectivity index (χ3n) is 9.03. The Balaban J connectivity index is 2.02. The highest BCUT2D eigenvalue weighted by molar-refractivity contribution is 5.98. The van der Waals surface area contributed by atoms with Crippen LogP contribution < -0.4 is 0 Å². The Hall–Kier alpha value is -4.98. The maximum Gasteiger partial charge on any atom is 0.303 e. The van der Waals surface area contributed by atoms with Crippen molar-refractivity contribution in [3.05, 3.63) is 88.5 Å². The van der Waals surface area contributed by atoms with E-state index < -0.39 is 11.9 Å². The van der Waals surface area contributed by atoms with Crippen molar-refractivity contribution in [3.8, 4) is 0 Å². The average molecular weight is 591 g/mol. The molecule has 8 nitrogen and oxygen atoms in total. The van der Waals surface area contributed by atoms with Crippen molar-refractivity contribution in [1.82, 2.24) is 19.1 Å². The second-order valence-electron chi connectivity index (χ2n) is 11.5. The van der Waals surface area contributed by atoms with Crippen molar-refractivity contribution in [2.45, 2.75) is 53.4 Å². The number of allylic oxidation sites excluding steroid dienone is 5. The quantitative estimate of drug-likeness (QED) is 0.281. The van der Waals surface area contributed by atoms with E-state index in [1.165, 1.54) is 0 Å². The normalized spacial score (nSPS) is 13.0. The van der Waals surface area contributed by atoms with Gasteiger partial charge in [0, 0.05) is 54.6 Å². The van der Waals surface area contributed by atoms with Gasteiger partial charge in [0.05, 0.1) is 28.3 Å². The SMILES string of the molecule is C=CC1=C(C)c2cc3c(C=C)c(C)c(cc4nc(cc5c(CCC(=O)O)c(C)c(cc1n2)n5C)C(CCC(=O)O)=C4C)n3C. The highest BCUT2D eigenvalue weighted by atomic mass is 16.4. The van der Waals surface area contributed by atoms with Crippen molar-refractivity contribution in [2.24, 2.45) is 14.1 Å². The van der Waals surface area contributed by atoms with Crippen LogP contribution in [0.15, 0.2) is 43.5 Å². The minimum atomic E-state index is -0.877. The number of nitrogens with zero attached hydrogens (tertiary/aromatic N) is 4. The van der Waals surface area contributed by atoms with Crippen LogP contribution in [0.3, 0.4) is 0 Å². The van der Waals surface area contributed by atoms with Crippen LogP contribution in [-0.2, 0) is 30.1 Å². The fourth-order valence-electron chi connectivity index (χ4n) is 6.46. The van der Waals surface area contributed by atoms with E-state index in [1.54, 1.807) is 0 Å². The molecular formula is C36H38N4O4. The van der Waals surface area contributed by atoms with Gasteiger partial charge in [0.2, 0.25) is 0 Å². The van der Waals surface area contributed by atoms with Gasteiger partial charge in [-0.3, -0.25) is 9.59 Å². The predicted molar refractivity (Wildman–Crippen MR) is 178 cm³/mol. The average Bonchev–Trinajstić information content (AvgIpc) is 3.58. The molecule has 0 radical (unpaired) electrons. The Bertz CT molecular complexity index is 2020. The zero-order valence-electron chi connectivity index (χ0n) is 26.2. The number of rotatable bonds is 8. The largest absolute Gasteiger partial charge is 0.481 e. The van der Waals surface area contributed by atoms with Gasteiger partial charge in [-0.1, -0.05) is 25.3 Å². The lowest BCUT2D eigenvalue weighted by Gasteiger charge is -2.04. The molecule has 0 amide bonds. The number of carbonyl (C=O) groups is 2. The first-order chi connectivity index (χ1) is 20.9. The molecule has 3 aromatic heterocycles. The summed E-state index contributed by atoms with van der Waals surface area (Å²) in [6.45, 7) is 16.3. The molecule has 0 unspecified atom stereocenters. The van der Waals surface area contributed by atoms with E-state index in [2.05, 4.69) is 41.3 Å². The minimum absolute atomic E-state index is 0.0191. The zero-order chi connectivity index (χ0) is 32.0. The Labute approximate surface area is 257 Å². The van der Waals surface area contributed by atoms with Crippen LogP contribution in [0.4, 0.5) is 0 Å². The van der Waals surface area contributed by atoms with Gasteiger partial charge >= 0.3 is 11.9 Å². The Morgan fingerprint density at radius 3 is 1.86 bits per heavy atom. The predicted octanol–water partition coefficient (Wildman–Crippen LogP) is 7.52. The highest BCUT2D eigenvalue weighted by Crippen LogP contribution is 2.37. The lowest BCUT2D eigenvalue weighted by Crippen LogP contribution is -1.98. The molecule has 0 saturated carbocycles. The number of aromatic nitrogens is 4. The van der Waals surface area contributed by atoms with Gasteiger partial charge in [0.1, 0.15) is 0 Å². The van der Waals surface area contributed by atoms with E-state index in [-0.39, 0.29) is 12.8 Å². The van der Waals surface area contributed by atoms with Crippen LogP contribution in [-0.4, -0.2) is 41.3 Å². The standard InChI is InChI=1S/C36H38N4O4/c1-9-23-19(3)28-16-33-24(10-2)21(5)31(39(33)7)15-27-20(4)25(11-13-35(41)42)30(38-27)18-34-26(12-14-36(43)44)22(6)32(40(34)8)17-29(23)37-28/h9-10,15-18H,1-2,11-14H2,3-8H3,(H,41,42)(H,43,44). The number of hydrogen-bond acceptors (Lipinski definition) is 4. The molecule has 0 aliphatic carbocycles. The third-order valence-corrected chi connectivity index (χ3v) is 9.03. The van der Waals surface area contributed by atoms with Crippen molar-refractivity contribution in [1.29, 1.82) is 0 Å². The van der Waals surface area contributed by atoms with Crippen molar-refractivity contribution >= 4 is 62.4 Å². The molecule has 44 heavy (non-hydrogen) atoms. The molecule has 5 rings (SSSR count). The Kier molecular flexibility index (Phi) is 8.04. The lowest BCUT2D eigenvalue weighted by molar-refractivity contribution is -0.137. The summed E-state index contributed by atoms with van der Waals surface area (Å²) in [5.41, 5.74) is 14.4. The molecule has 2 N–H and O–H groups in total. The second-order valence-corrected chi connectivity index (χ2v) is 11.5. The topological polar surface area (TPSA) is 110 Å². The van der Waals surface area contributed by atoms with Crippen LogP contribution in [0.1, 0.15) is 78.1 Å². The van der Waals surface area contributed by atoms with Gasteiger partial charge in [-0.15, -0.1) is 0 Å². The molecule has 8 bridgehead atoms. The molecule has 5 heterocycles. The molecule has 2 aliphatic rings. The minimum Gasteiger partial charge on any atom is -0.481 e. The van der Waals surface area contributed by atoms with E-state index in [1.807, 2.05) is 59.2 Å². The molecule has 0 fully saturated rings. The summed E-state index contributed by atoms with van der Waals surface area (Å²) >= 11 is 0. The van der Waals surface area contributed by atoms with Gasteiger partial charge in [-0.05, 0) is 98.2 Å². The number of carboxylic acids is 2. The van der Waals surface area contributed by atoms with Crippen LogP contribution in [0.2, 0.25) is 0 Å². The van der Waals surface area contributed by atoms with Gasteiger partial charge in [0.15, 0.2) is 0 Å². The number of carboxylic acid groups (broad SMARTS) is 2. The van der Waals surface area contributed by atoms with Crippen LogP contribution in [0, 0.1) is 13.8 Å². The maximum absolute atomic E-state index is 11.6. The van der Waals surface area contributed by atoms with Crippen LogP contribution >= 0.6 is 0 Å². The number of aliphatic carboxylic acids is 2. The monoisotopic (exact) mass is 590 g/mol. The molecule has 0 spiro atoms. The van der Waals surface area contributed by atoms with E-state index in [0.29, 0.717) is 18.5 Å². The van der Waals surface area contributed by atoms with Crippen LogP contribution in [0.5, 0.6) is 0 Å². The Morgan fingerprint density at radius 2 is 1.23 bits per heavy atom. The first-order valence-electron chi connectivity index (χ1n) is 14.7. The zero-order valence-corrected chi connectivity index (χ0v) is 26.2. The molecule has 0 atom stereocenters.